The Kier molecular flexibility index (Phi) is 7.38. The van der Waals surface area contributed by atoms with Crippen molar-refractivity contribution in [1.82, 2.24) is 10.6 Å². The number of methoxy groups -OCH3 is 1. The highest BCUT2D eigenvalue weighted by Crippen LogP contribution is 2.23. The van der Waals surface area contributed by atoms with E-state index in [1.807, 2.05) is 6.07 Å². The van der Waals surface area contributed by atoms with Gasteiger partial charge in [-0.05, 0) is 50.2 Å². The summed E-state index contributed by atoms with van der Waals surface area (Å²) in [4.78, 5) is 35.8. The molecule has 0 unspecified atom stereocenters. The summed E-state index contributed by atoms with van der Waals surface area (Å²) in [5, 5.41) is 10.5. The predicted octanol–water partition coefficient (Wildman–Crippen LogP) is 2.59. The molecule has 4 amide bonds. The van der Waals surface area contributed by atoms with Crippen LogP contribution in [0.4, 0.5) is 16.2 Å². The maximum absolute atomic E-state index is 12.4. The van der Waals surface area contributed by atoms with Gasteiger partial charge in [-0.2, -0.15) is 0 Å². The Morgan fingerprint density at radius 1 is 1.04 bits per heavy atom. The monoisotopic (exact) mass is 384 g/mol. The van der Waals surface area contributed by atoms with Gasteiger partial charge in [0.15, 0.2) is 0 Å². The van der Waals surface area contributed by atoms with Crippen molar-refractivity contribution in [3.05, 3.63) is 54.1 Å². The van der Waals surface area contributed by atoms with Crippen molar-refractivity contribution in [2.45, 2.75) is 19.9 Å². The van der Waals surface area contributed by atoms with Crippen molar-refractivity contribution in [2.75, 3.05) is 24.3 Å². The minimum Gasteiger partial charge on any atom is -0.495 e. The highest BCUT2D eigenvalue weighted by atomic mass is 16.5. The van der Waals surface area contributed by atoms with Crippen molar-refractivity contribution < 1.29 is 19.1 Å². The lowest BCUT2D eigenvalue weighted by Crippen LogP contribution is -2.45. The van der Waals surface area contributed by atoms with Crippen LogP contribution in [0.1, 0.15) is 24.2 Å². The fourth-order valence-electron chi connectivity index (χ4n) is 2.40. The summed E-state index contributed by atoms with van der Waals surface area (Å²) in [5.74, 6) is -0.164. The van der Waals surface area contributed by atoms with Gasteiger partial charge in [0.2, 0.25) is 5.91 Å². The standard InChI is InChI=1S/C20H24N4O4/c1-4-21-20(27)24-18(25)13(2)22-15-11-9-14(10-12-15)19(26)23-16-7-5-6-8-17(16)28-3/h5-13,22H,4H2,1-3H3,(H,23,26)(H2,21,24,25,27)/t13-/m0/s1. The van der Waals surface area contributed by atoms with E-state index in [-0.39, 0.29) is 5.91 Å². The van der Waals surface area contributed by atoms with Gasteiger partial charge in [-0.15, -0.1) is 0 Å². The molecule has 0 aliphatic heterocycles. The molecule has 2 aromatic rings. The van der Waals surface area contributed by atoms with E-state index in [9.17, 15) is 14.4 Å². The molecule has 28 heavy (non-hydrogen) atoms. The maximum Gasteiger partial charge on any atom is 0.321 e. The molecule has 0 aliphatic carbocycles. The molecule has 0 heterocycles. The molecule has 8 heteroatoms. The zero-order chi connectivity index (χ0) is 20.5. The summed E-state index contributed by atoms with van der Waals surface area (Å²) >= 11 is 0. The van der Waals surface area contributed by atoms with Gasteiger partial charge >= 0.3 is 6.03 Å². The number of ether oxygens (including phenoxy) is 1. The van der Waals surface area contributed by atoms with E-state index in [0.717, 1.165) is 0 Å². The molecule has 0 saturated carbocycles. The van der Waals surface area contributed by atoms with Crippen LogP contribution in [0.25, 0.3) is 0 Å². The molecule has 0 saturated heterocycles. The van der Waals surface area contributed by atoms with Crippen molar-refractivity contribution in [3.8, 4) is 5.75 Å². The van der Waals surface area contributed by atoms with Crippen molar-refractivity contribution >= 4 is 29.2 Å². The van der Waals surface area contributed by atoms with Crippen LogP contribution < -0.4 is 26.0 Å². The second kappa shape index (κ2) is 9.96. The minimum absolute atomic E-state index is 0.280. The Balaban J connectivity index is 1.96. The average Bonchev–Trinajstić information content (AvgIpc) is 2.69. The molecule has 2 rings (SSSR count). The van der Waals surface area contributed by atoms with Crippen molar-refractivity contribution in [1.29, 1.82) is 0 Å². The second-order valence-electron chi connectivity index (χ2n) is 5.95. The van der Waals surface area contributed by atoms with Crippen LogP contribution >= 0.6 is 0 Å². The predicted molar refractivity (Wildman–Crippen MR) is 108 cm³/mol. The quantitative estimate of drug-likeness (QED) is 0.587. The van der Waals surface area contributed by atoms with E-state index in [4.69, 9.17) is 4.74 Å². The fourth-order valence-corrected chi connectivity index (χ4v) is 2.40. The van der Waals surface area contributed by atoms with Crippen LogP contribution in [0, 0.1) is 0 Å². The number of hydrogen-bond donors (Lipinski definition) is 4. The Hall–Kier alpha value is -3.55. The normalized spacial score (nSPS) is 11.1. The van der Waals surface area contributed by atoms with E-state index in [2.05, 4.69) is 21.3 Å². The fraction of sp³-hybridized carbons (Fsp3) is 0.250. The number of carbonyl (C=O) groups excluding carboxylic acids is 3. The lowest BCUT2D eigenvalue weighted by molar-refractivity contribution is -0.120. The number of urea groups is 1. The lowest BCUT2D eigenvalue weighted by Gasteiger charge is -2.15. The summed E-state index contributed by atoms with van der Waals surface area (Å²) in [5.41, 5.74) is 1.68. The number of para-hydroxylation sites is 2. The smallest absolute Gasteiger partial charge is 0.321 e. The number of benzene rings is 2. The van der Waals surface area contributed by atoms with E-state index in [1.165, 1.54) is 7.11 Å². The van der Waals surface area contributed by atoms with E-state index < -0.39 is 18.0 Å². The summed E-state index contributed by atoms with van der Waals surface area (Å²) in [6.07, 6.45) is 0. The summed E-state index contributed by atoms with van der Waals surface area (Å²) in [6, 6.07) is 12.6. The average molecular weight is 384 g/mol. The third kappa shape index (κ3) is 5.73. The van der Waals surface area contributed by atoms with Gasteiger partial charge in [-0.3, -0.25) is 14.9 Å². The number of imide groups is 1. The van der Waals surface area contributed by atoms with Gasteiger partial charge in [-0.1, -0.05) is 12.1 Å². The number of nitrogens with one attached hydrogen (secondary N) is 4. The first-order chi connectivity index (χ1) is 13.4. The highest BCUT2D eigenvalue weighted by Gasteiger charge is 2.15. The number of anilines is 2. The van der Waals surface area contributed by atoms with Crippen LogP contribution in [0.15, 0.2) is 48.5 Å². The van der Waals surface area contributed by atoms with Gasteiger partial charge in [0.25, 0.3) is 5.91 Å². The maximum atomic E-state index is 12.4. The van der Waals surface area contributed by atoms with Crippen molar-refractivity contribution in [2.24, 2.45) is 0 Å². The molecule has 2 aromatic carbocycles. The van der Waals surface area contributed by atoms with E-state index >= 15 is 0 Å². The largest absolute Gasteiger partial charge is 0.495 e. The molecule has 1 atom stereocenters. The summed E-state index contributed by atoms with van der Waals surface area (Å²) in [6.45, 7) is 3.83. The van der Waals surface area contributed by atoms with E-state index in [1.54, 1.807) is 56.3 Å². The van der Waals surface area contributed by atoms with Crippen molar-refractivity contribution in [3.63, 3.8) is 0 Å². The number of rotatable bonds is 7. The number of hydrogen-bond acceptors (Lipinski definition) is 5. The SMILES string of the molecule is CCNC(=O)NC(=O)[C@H](C)Nc1ccc(C(=O)Nc2ccccc2OC)cc1. The number of carbonyl (C=O) groups is 3. The Bertz CT molecular complexity index is 836. The van der Waals surface area contributed by atoms with Gasteiger partial charge in [0.1, 0.15) is 11.8 Å². The van der Waals surface area contributed by atoms with Gasteiger partial charge < -0.3 is 20.7 Å². The topological polar surface area (TPSA) is 109 Å². The number of amides is 4. The van der Waals surface area contributed by atoms with Gasteiger partial charge in [-0.25, -0.2) is 4.79 Å². The Morgan fingerprint density at radius 2 is 1.71 bits per heavy atom. The zero-order valence-corrected chi connectivity index (χ0v) is 16.0. The molecule has 0 aromatic heterocycles. The van der Waals surface area contributed by atoms with Crippen LogP contribution in [0.3, 0.4) is 0 Å². The molecule has 8 nitrogen and oxygen atoms in total. The third-order valence-electron chi connectivity index (χ3n) is 3.85. The third-order valence-corrected chi connectivity index (χ3v) is 3.85. The first-order valence-electron chi connectivity index (χ1n) is 8.84. The molecular formula is C20H24N4O4. The van der Waals surface area contributed by atoms with Crippen LogP contribution in [-0.4, -0.2) is 37.5 Å². The van der Waals surface area contributed by atoms with Crippen LogP contribution in [0.2, 0.25) is 0 Å². The van der Waals surface area contributed by atoms with Gasteiger partial charge in [0, 0.05) is 17.8 Å². The molecule has 0 fully saturated rings. The van der Waals surface area contributed by atoms with E-state index in [0.29, 0.717) is 29.2 Å². The van der Waals surface area contributed by atoms with Crippen LogP contribution in [0.5, 0.6) is 5.75 Å². The highest BCUT2D eigenvalue weighted by molar-refractivity contribution is 6.05. The first kappa shape index (κ1) is 20.8. The second-order valence-corrected chi connectivity index (χ2v) is 5.95. The lowest BCUT2D eigenvalue weighted by atomic mass is 10.1. The molecule has 0 spiro atoms. The zero-order valence-electron chi connectivity index (χ0n) is 16.0. The molecule has 4 N–H and O–H groups in total. The molecule has 0 radical (unpaired) electrons. The molecule has 0 bridgehead atoms. The Labute approximate surface area is 163 Å². The minimum atomic E-state index is -0.629. The Morgan fingerprint density at radius 3 is 2.36 bits per heavy atom. The molecule has 0 aliphatic rings. The molecular weight excluding hydrogens is 360 g/mol. The van der Waals surface area contributed by atoms with Crippen LogP contribution in [-0.2, 0) is 4.79 Å². The summed E-state index contributed by atoms with van der Waals surface area (Å²) < 4.78 is 5.22. The van der Waals surface area contributed by atoms with Gasteiger partial charge in [0.05, 0.1) is 12.8 Å². The first-order valence-corrected chi connectivity index (χ1v) is 8.84. The molecule has 148 valence electrons. The summed E-state index contributed by atoms with van der Waals surface area (Å²) in [7, 11) is 1.54.